The first-order valence-electron chi connectivity index (χ1n) is 14.7. The molecule has 4 atom stereocenters. The zero-order chi connectivity index (χ0) is 33.1. The molecule has 0 radical (unpaired) electrons. The first-order valence-corrected chi connectivity index (χ1v) is 15.7. The van der Waals surface area contributed by atoms with Crippen molar-refractivity contribution in [2.24, 2.45) is 0 Å². The van der Waals surface area contributed by atoms with E-state index in [-0.39, 0.29) is 16.9 Å². The summed E-state index contributed by atoms with van der Waals surface area (Å²) in [5.74, 6) is -1.54. The number of thioether (sulfide) groups is 1. The minimum atomic E-state index is -1.02. The number of H-pyrrole nitrogens is 1. The van der Waals surface area contributed by atoms with Crippen molar-refractivity contribution in [3.63, 3.8) is 0 Å². The van der Waals surface area contributed by atoms with Crippen molar-refractivity contribution in [2.75, 3.05) is 12.9 Å². The first kappa shape index (κ1) is 36.5. The lowest BCUT2D eigenvalue weighted by Gasteiger charge is -2.29. The van der Waals surface area contributed by atoms with Crippen molar-refractivity contribution in [3.8, 4) is 0 Å². The Morgan fingerprint density at radius 3 is 2.32 bits per heavy atom. The number of amides is 3. The Balaban J connectivity index is 2.15. The summed E-state index contributed by atoms with van der Waals surface area (Å²) >= 11 is 1.48. The summed E-state index contributed by atoms with van der Waals surface area (Å²) < 4.78 is 9.97. The Bertz CT molecular complexity index is 1340. The molecule has 1 unspecified atom stereocenters. The number of ether oxygens (including phenoxy) is 2. The second-order valence-corrected chi connectivity index (χ2v) is 13.8. The zero-order valence-corrected chi connectivity index (χ0v) is 28.0. The van der Waals surface area contributed by atoms with E-state index in [1.807, 2.05) is 51.1 Å². The van der Waals surface area contributed by atoms with Gasteiger partial charge < -0.3 is 30.4 Å². The predicted molar refractivity (Wildman–Crippen MR) is 176 cm³/mol. The summed E-state index contributed by atoms with van der Waals surface area (Å²) in [4.78, 5) is 55.0. The second-order valence-electron chi connectivity index (χ2n) is 12.2. The molecule has 0 aliphatic heterocycles. The molecule has 0 spiro atoms. The predicted octanol–water partition coefficient (Wildman–Crippen LogP) is 5.19. The van der Waals surface area contributed by atoms with Gasteiger partial charge in [-0.3, -0.25) is 9.59 Å². The third-order valence-electron chi connectivity index (χ3n) is 6.87. The number of methoxy groups -OCH3 is 1. The SMILES string of the molecule is C=CC(C)(CCC=C(C)C)SC[C@H](NC(=O)OC(C)(C)C)C(=O)N[C@@H](C)C(=O)N[C@@H](Cc1c[nH]c2ccccc12)C(=O)OC. The molecule has 4 N–H and O–H groups in total. The Morgan fingerprint density at radius 1 is 1.02 bits per heavy atom. The highest BCUT2D eigenvalue weighted by Crippen LogP contribution is 2.32. The quantitative estimate of drug-likeness (QED) is 0.157. The van der Waals surface area contributed by atoms with Gasteiger partial charge in [0.25, 0.3) is 0 Å². The molecule has 242 valence electrons. The topological polar surface area (TPSA) is 139 Å². The standard InChI is InChI=1S/C33H48N4O6S/c1-10-33(8,17-13-14-21(2)3)44-20-27(37-31(41)43-32(5,6)7)29(39)35-22(4)28(38)36-26(30(40)42-9)18-23-19-34-25-16-12-11-15-24(23)25/h10-12,14-16,19,22,26-27,34H,1,13,17-18,20H2,2-9H3,(H,35,39)(H,36,38)(H,37,41)/t22-,26-,27-,33?/m0/s1. The lowest BCUT2D eigenvalue weighted by molar-refractivity contribution is -0.145. The van der Waals surface area contributed by atoms with Gasteiger partial charge in [-0.25, -0.2) is 9.59 Å². The third kappa shape index (κ3) is 11.7. The number of carbonyl (C=O) groups is 4. The molecule has 10 nitrogen and oxygen atoms in total. The van der Waals surface area contributed by atoms with E-state index in [1.165, 1.54) is 31.4 Å². The Hall–Kier alpha value is -3.73. The van der Waals surface area contributed by atoms with Crippen LogP contribution >= 0.6 is 11.8 Å². The van der Waals surface area contributed by atoms with Crippen LogP contribution in [0.1, 0.15) is 66.9 Å². The number of benzene rings is 1. The molecule has 1 heterocycles. The van der Waals surface area contributed by atoms with Crippen LogP contribution in [0.3, 0.4) is 0 Å². The van der Waals surface area contributed by atoms with Crippen molar-refractivity contribution in [2.45, 2.75) is 96.2 Å². The average molecular weight is 629 g/mol. The number of allylic oxidation sites excluding steroid dienone is 2. The van der Waals surface area contributed by atoms with Crippen LogP contribution < -0.4 is 16.0 Å². The van der Waals surface area contributed by atoms with Gasteiger partial charge in [0.05, 0.1) is 7.11 Å². The smallest absolute Gasteiger partial charge is 0.408 e. The molecule has 0 fully saturated rings. The van der Waals surface area contributed by atoms with Crippen LogP contribution in [-0.2, 0) is 30.3 Å². The van der Waals surface area contributed by atoms with E-state index in [4.69, 9.17) is 9.47 Å². The van der Waals surface area contributed by atoms with Gasteiger partial charge in [0, 0.05) is 34.0 Å². The molecule has 0 aliphatic rings. The highest BCUT2D eigenvalue weighted by Gasteiger charge is 2.31. The Morgan fingerprint density at radius 2 is 1.70 bits per heavy atom. The highest BCUT2D eigenvalue weighted by atomic mass is 32.2. The lowest BCUT2D eigenvalue weighted by Crippen LogP contribution is -2.56. The van der Waals surface area contributed by atoms with Crippen LogP contribution in [0.5, 0.6) is 0 Å². The minimum absolute atomic E-state index is 0.190. The molecule has 3 amide bonds. The van der Waals surface area contributed by atoms with Gasteiger partial charge in [0.2, 0.25) is 11.8 Å². The summed E-state index contributed by atoms with van der Waals surface area (Å²) in [5.41, 5.74) is 2.19. The van der Waals surface area contributed by atoms with E-state index in [0.717, 1.165) is 29.3 Å². The number of carbonyl (C=O) groups excluding carboxylic acids is 4. The summed E-state index contributed by atoms with van der Waals surface area (Å²) in [6.45, 7) is 16.8. The van der Waals surface area contributed by atoms with E-state index < -0.39 is 47.6 Å². The van der Waals surface area contributed by atoms with Gasteiger partial charge in [-0.15, -0.1) is 18.3 Å². The molecule has 2 rings (SSSR count). The van der Waals surface area contributed by atoms with Crippen LogP contribution in [0.2, 0.25) is 0 Å². The fourth-order valence-corrected chi connectivity index (χ4v) is 5.48. The molecule has 44 heavy (non-hydrogen) atoms. The maximum atomic E-state index is 13.4. The normalized spacial score (nSPS) is 14.7. The van der Waals surface area contributed by atoms with E-state index in [1.54, 1.807) is 27.0 Å². The molecule has 0 bridgehead atoms. The maximum absolute atomic E-state index is 13.4. The number of para-hydroxylation sites is 1. The summed E-state index contributed by atoms with van der Waals surface area (Å²) in [7, 11) is 1.25. The molecule has 0 saturated carbocycles. The monoisotopic (exact) mass is 628 g/mol. The Labute approximate surface area is 265 Å². The van der Waals surface area contributed by atoms with Gasteiger partial charge in [-0.2, -0.15) is 0 Å². The molecule has 2 aromatic rings. The number of aromatic amines is 1. The first-order chi connectivity index (χ1) is 20.6. The van der Waals surface area contributed by atoms with E-state index in [9.17, 15) is 19.2 Å². The van der Waals surface area contributed by atoms with Crippen molar-refractivity contribution in [3.05, 3.63) is 60.3 Å². The van der Waals surface area contributed by atoms with Crippen molar-refractivity contribution < 1.29 is 28.7 Å². The molecular formula is C33H48N4O6S. The van der Waals surface area contributed by atoms with Gasteiger partial charge in [-0.05, 0) is 72.9 Å². The van der Waals surface area contributed by atoms with Crippen LogP contribution in [0.15, 0.2) is 54.8 Å². The Kier molecular flexibility index (Phi) is 13.6. The number of hydrogen-bond donors (Lipinski definition) is 4. The fourth-order valence-electron chi connectivity index (χ4n) is 4.32. The molecule has 1 aromatic heterocycles. The number of rotatable bonds is 15. The molecular weight excluding hydrogens is 580 g/mol. The molecule has 0 aliphatic carbocycles. The number of alkyl carbamates (subject to hydrolysis) is 1. The highest BCUT2D eigenvalue weighted by molar-refractivity contribution is 8.00. The molecule has 0 saturated heterocycles. The summed E-state index contributed by atoms with van der Waals surface area (Å²) in [6.07, 6.45) is 6.85. The number of nitrogens with one attached hydrogen (secondary N) is 4. The van der Waals surface area contributed by atoms with Gasteiger partial charge >= 0.3 is 12.1 Å². The van der Waals surface area contributed by atoms with Crippen molar-refractivity contribution in [1.29, 1.82) is 0 Å². The van der Waals surface area contributed by atoms with Crippen LogP contribution in [0.25, 0.3) is 10.9 Å². The van der Waals surface area contributed by atoms with Crippen LogP contribution in [0.4, 0.5) is 4.79 Å². The van der Waals surface area contributed by atoms with Crippen molar-refractivity contribution in [1.82, 2.24) is 20.9 Å². The molecule has 11 heteroatoms. The van der Waals surface area contributed by atoms with E-state index in [2.05, 4.69) is 33.6 Å². The lowest BCUT2D eigenvalue weighted by atomic mass is 10.0. The largest absolute Gasteiger partial charge is 0.467 e. The number of hydrogen-bond acceptors (Lipinski definition) is 7. The van der Waals surface area contributed by atoms with E-state index in [0.29, 0.717) is 0 Å². The number of esters is 1. The van der Waals surface area contributed by atoms with Crippen LogP contribution in [0, 0.1) is 0 Å². The van der Waals surface area contributed by atoms with Crippen LogP contribution in [-0.4, -0.2) is 70.2 Å². The third-order valence-corrected chi connectivity index (χ3v) is 8.40. The van der Waals surface area contributed by atoms with Gasteiger partial charge in [0.15, 0.2) is 0 Å². The van der Waals surface area contributed by atoms with Gasteiger partial charge in [-0.1, -0.05) is 35.9 Å². The van der Waals surface area contributed by atoms with Crippen molar-refractivity contribution >= 4 is 46.5 Å². The summed E-state index contributed by atoms with van der Waals surface area (Å²) in [6, 6.07) is 4.64. The summed E-state index contributed by atoms with van der Waals surface area (Å²) in [5, 5.41) is 8.97. The average Bonchev–Trinajstić information content (AvgIpc) is 3.35. The second kappa shape index (κ2) is 16.4. The maximum Gasteiger partial charge on any atom is 0.408 e. The number of aromatic nitrogens is 1. The minimum Gasteiger partial charge on any atom is -0.467 e. The number of fused-ring (bicyclic) bond motifs is 1. The molecule has 1 aromatic carbocycles. The zero-order valence-electron chi connectivity index (χ0n) is 27.2. The van der Waals surface area contributed by atoms with Gasteiger partial charge in [0.1, 0.15) is 23.7 Å². The fraction of sp³-hybridized carbons (Fsp3) is 0.515. The van der Waals surface area contributed by atoms with E-state index >= 15 is 0 Å².